The number of alkyl halides is 3. The Hall–Kier alpha value is -0.250. The van der Waals surface area contributed by atoms with Crippen molar-refractivity contribution in [2.75, 3.05) is 0 Å². The van der Waals surface area contributed by atoms with E-state index in [4.69, 9.17) is 5.73 Å². The van der Waals surface area contributed by atoms with E-state index in [1.165, 1.54) is 19.3 Å². The lowest BCUT2D eigenvalue weighted by Gasteiger charge is -2.13. The number of hydrogen-bond acceptors (Lipinski definition) is 1. The number of rotatable bonds is 8. The predicted molar refractivity (Wildman–Crippen MR) is 56.6 cm³/mol. The van der Waals surface area contributed by atoms with Gasteiger partial charge in [-0.05, 0) is 6.42 Å². The van der Waals surface area contributed by atoms with Crippen molar-refractivity contribution in [1.29, 1.82) is 0 Å². The molecule has 0 radical (unpaired) electrons. The van der Waals surface area contributed by atoms with E-state index in [-0.39, 0.29) is 0 Å². The van der Waals surface area contributed by atoms with Crippen molar-refractivity contribution in [3.63, 3.8) is 0 Å². The number of hydrogen-bond donors (Lipinski definition) is 1. The third kappa shape index (κ3) is 11.7. The van der Waals surface area contributed by atoms with Gasteiger partial charge in [0.2, 0.25) is 0 Å². The van der Waals surface area contributed by atoms with Crippen LogP contribution in [-0.4, -0.2) is 12.2 Å². The van der Waals surface area contributed by atoms with Gasteiger partial charge in [-0.15, -0.1) is 0 Å². The first-order chi connectivity index (χ1) is 6.95. The molecule has 0 fully saturated rings. The van der Waals surface area contributed by atoms with Gasteiger partial charge in [0, 0.05) is 6.04 Å². The summed E-state index contributed by atoms with van der Waals surface area (Å²) < 4.78 is 35.7. The van der Waals surface area contributed by atoms with Crippen molar-refractivity contribution in [2.24, 2.45) is 5.73 Å². The predicted octanol–water partition coefficient (Wildman–Crippen LogP) is 4.02. The average Bonchev–Trinajstić information content (AvgIpc) is 2.08. The third-order valence-electron chi connectivity index (χ3n) is 2.42. The summed E-state index contributed by atoms with van der Waals surface area (Å²) >= 11 is 0. The molecule has 0 saturated carbocycles. The molecule has 0 spiro atoms. The Morgan fingerprint density at radius 2 is 1.53 bits per heavy atom. The topological polar surface area (TPSA) is 26.0 Å². The van der Waals surface area contributed by atoms with Crippen LogP contribution in [0, 0.1) is 0 Å². The molecule has 0 aliphatic heterocycles. The molecule has 0 amide bonds. The van der Waals surface area contributed by atoms with Crippen molar-refractivity contribution in [1.82, 2.24) is 0 Å². The van der Waals surface area contributed by atoms with Crippen LogP contribution in [-0.2, 0) is 0 Å². The second-order valence-corrected chi connectivity index (χ2v) is 4.14. The molecule has 15 heavy (non-hydrogen) atoms. The highest BCUT2D eigenvalue weighted by molar-refractivity contribution is 4.66. The fraction of sp³-hybridized carbons (Fsp3) is 1.00. The smallest absolute Gasteiger partial charge is 0.327 e. The van der Waals surface area contributed by atoms with Gasteiger partial charge < -0.3 is 5.73 Å². The minimum atomic E-state index is -4.11. The van der Waals surface area contributed by atoms with E-state index in [1.807, 2.05) is 0 Å². The van der Waals surface area contributed by atoms with Crippen molar-refractivity contribution >= 4 is 0 Å². The van der Waals surface area contributed by atoms with Crippen LogP contribution in [0.5, 0.6) is 0 Å². The zero-order valence-electron chi connectivity index (χ0n) is 9.45. The molecule has 0 bridgehead atoms. The first-order valence-electron chi connectivity index (χ1n) is 5.78. The summed E-state index contributed by atoms with van der Waals surface area (Å²) in [5.41, 5.74) is 5.38. The van der Waals surface area contributed by atoms with Crippen LogP contribution in [0.15, 0.2) is 0 Å². The minimum Gasteiger partial charge on any atom is -0.327 e. The molecule has 1 nitrogen and oxygen atoms in total. The van der Waals surface area contributed by atoms with Gasteiger partial charge >= 0.3 is 6.18 Å². The molecule has 92 valence electrons. The monoisotopic (exact) mass is 225 g/mol. The Bertz CT molecular complexity index is 145. The van der Waals surface area contributed by atoms with Crippen LogP contribution in [0.2, 0.25) is 0 Å². The van der Waals surface area contributed by atoms with Gasteiger partial charge in [-0.3, -0.25) is 0 Å². The van der Waals surface area contributed by atoms with E-state index in [2.05, 4.69) is 6.92 Å². The summed E-state index contributed by atoms with van der Waals surface area (Å²) in [4.78, 5) is 0. The highest BCUT2D eigenvalue weighted by Gasteiger charge is 2.29. The first-order valence-corrected chi connectivity index (χ1v) is 5.78. The summed E-state index contributed by atoms with van der Waals surface area (Å²) in [5, 5.41) is 0. The summed E-state index contributed by atoms with van der Waals surface area (Å²) in [6.45, 7) is 2.14. The molecule has 4 heteroatoms. The van der Waals surface area contributed by atoms with E-state index in [1.54, 1.807) is 0 Å². The van der Waals surface area contributed by atoms with Crippen molar-refractivity contribution in [3.05, 3.63) is 0 Å². The van der Waals surface area contributed by atoms with Crippen LogP contribution >= 0.6 is 0 Å². The van der Waals surface area contributed by atoms with Gasteiger partial charge in [-0.25, -0.2) is 0 Å². The Morgan fingerprint density at radius 1 is 1.00 bits per heavy atom. The lowest BCUT2D eigenvalue weighted by atomic mass is 10.0. The SMILES string of the molecule is CCCCCCCCC(N)CC(F)(F)F. The van der Waals surface area contributed by atoms with Crippen LogP contribution in [0.25, 0.3) is 0 Å². The molecule has 0 aromatic heterocycles. The van der Waals surface area contributed by atoms with Crippen molar-refractivity contribution in [2.45, 2.75) is 70.5 Å². The molecule has 0 aromatic rings. The quantitative estimate of drug-likeness (QED) is 0.620. The van der Waals surface area contributed by atoms with Crippen LogP contribution in [0.1, 0.15) is 58.3 Å². The van der Waals surface area contributed by atoms with E-state index in [0.717, 1.165) is 19.3 Å². The summed E-state index contributed by atoms with van der Waals surface area (Å²) in [6, 6.07) is -0.712. The van der Waals surface area contributed by atoms with Gasteiger partial charge in [-0.1, -0.05) is 45.4 Å². The van der Waals surface area contributed by atoms with E-state index < -0.39 is 18.6 Å². The molecular weight excluding hydrogens is 203 g/mol. The number of halogens is 3. The molecule has 0 rings (SSSR count). The zero-order valence-corrected chi connectivity index (χ0v) is 9.45. The van der Waals surface area contributed by atoms with E-state index in [0.29, 0.717) is 6.42 Å². The fourth-order valence-corrected chi connectivity index (χ4v) is 1.59. The fourth-order valence-electron chi connectivity index (χ4n) is 1.59. The van der Waals surface area contributed by atoms with Gasteiger partial charge in [0.25, 0.3) is 0 Å². The highest BCUT2D eigenvalue weighted by atomic mass is 19.4. The second-order valence-electron chi connectivity index (χ2n) is 4.14. The van der Waals surface area contributed by atoms with Gasteiger partial charge in [0.05, 0.1) is 6.42 Å². The molecule has 2 N–H and O–H groups in total. The van der Waals surface area contributed by atoms with Crippen LogP contribution in [0.3, 0.4) is 0 Å². The van der Waals surface area contributed by atoms with E-state index in [9.17, 15) is 13.2 Å². The average molecular weight is 225 g/mol. The summed E-state index contributed by atoms with van der Waals surface area (Å²) in [7, 11) is 0. The van der Waals surface area contributed by atoms with Crippen LogP contribution in [0.4, 0.5) is 13.2 Å². The number of nitrogens with two attached hydrogens (primary N) is 1. The zero-order chi connectivity index (χ0) is 11.7. The largest absolute Gasteiger partial charge is 0.390 e. The van der Waals surface area contributed by atoms with E-state index >= 15 is 0 Å². The normalized spacial score (nSPS) is 14.2. The van der Waals surface area contributed by atoms with Crippen LogP contribution < -0.4 is 5.73 Å². The minimum absolute atomic E-state index is 0.492. The number of unbranched alkanes of at least 4 members (excludes halogenated alkanes) is 5. The maximum atomic E-state index is 11.9. The standard InChI is InChI=1S/C11H22F3N/c1-2-3-4-5-6-7-8-10(15)9-11(12,13)14/h10H,2-9,15H2,1H3. The molecule has 0 aliphatic carbocycles. The van der Waals surface area contributed by atoms with Gasteiger partial charge in [0.15, 0.2) is 0 Å². The Labute approximate surface area is 90.2 Å². The van der Waals surface area contributed by atoms with Crippen molar-refractivity contribution < 1.29 is 13.2 Å². The molecule has 0 aromatic carbocycles. The Balaban J connectivity index is 3.28. The second kappa shape index (κ2) is 7.97. The summed E-state index contributed by atoms with van der Waals surface area (Å²) in [6.07, 6.45) is 2.07. The van der Waals surface area contributed by atoms with Gasteiger partial charge in [0.1, 0.15) is 0 Å². The Morgan fingerprint density at radius 3 is 2.07 bits per heavy atom. The molecule has 0 saturated heterocycles. The summed E-state index contributed by atoms with van der Waals surface area (Å²) in [5.74, 6) is 0. The van der Waals surface area contributed by atoms with Crippen molar-refractivity contribution in [3.8, 4) is 0 Å². The Kier molecular flexibility index (Phi) is 7.83. The first kappa shape index (κ1) is 14.8. The molecule has 0 heterocycles. The molecule has 1 atom stereocenters. The molecular formula is C11H22F3N. The highest BCUT2D eigenvalue weighted by Crippen LogP contribution is 2.22. The maximum absolute atomic E-state index is 11.9. The van der Waals surface area contributed by atoms with Gasteiger partial charge in [-0.2, -0.15) is 13.2 Å². The molecule has 1 unspecified atom stereocenters. The third-order valence-corrected chi connectivity index (χ3v) is 2.42. The lowest BCUT2D eigenvalue weighted by Crippen LogP contribution is -2.27. The molecule has 0 aliphatic rings. The maximum Gasteiger partial charge on any atom is 0.390 e. The lowest BCUT2D eigenvalue weighted by molar-refractivity contribution is -0.138.